The molecule has 0 N–H and O–H groups in total. The van der Waals surface area contributed by atoms with Gasteiger partial charge in [-0.1, -0.05) is 18.2 Å². The Bertz CT molecular complexity index is 1150. The second-order valence-electron chi connectivity index (χ2n) is 5.79. The van der Waals surface area contributed by atoms with Crippen molar-refractivity contribution in [2.45, 2.75) is 13.5 Å². The predicted molar refractivity (Wildman–Crippen MR) is 104 cm³/mol. The molecule has 0 saturated carbocycles. The molecule has 1 amide bonds. The number of carbonyl (C=O) groups excluding carboxylic acids is 1. The lowest BCUT2D eigenvalue weighted by Crippen LogP contribution is -2.36. The molecular formula is C19H16N4O2S. The van der Waals surface area contributed by atoms with Gasteiger partial charge in [0.15, 0.2) is 0 Å². The average Bonchev–Trinajstić information content (AvgIpc) is 3.05. The number of likely N-dealkylation sites (N-methyl/N-ethyl adjacent to an activating group) is 1. The van der Waals surface area contributed by atoms with Crippen LogP contribution in [0.2, 0.25) is 0 Å². The zero-order valence-corrected chi connectivity index (χ0v) is 14.9. The van der Waals surface area contributed by atoms with Crippen LogP contribution in [0.25, 0.3) is 20.4 Å². The quantitative estimate of drug-likeness (QED) is 0.558. The van der Waals surface area contributed by atoms with Gasteiger partial charge >= 0.3 is 0 Å². The monoisotopic (exact) mass is 364 g/mol. The van der Waals surface area contributed by atoms with E-state index >= 15 is 0 Å². The summed E-state index contributed by atoms with van der Waals surface area (Å²) >= 11 is 1.31. The summed E-state index contributed by atoms with van der Waals surface area (Å²) in [6.07, 6.45) is 3.14. The van der Waals surface area contributed by atoms with Gasteiger partial charge in [-0.25, -0.2) is 9.97 Å². The Morgan fingerprint density at radius 2 is 1.96 bits per heavy atom. The molecule has 3 aromatic heterocycles. The smallest absolute Gasteiger partial charge is 0.271 e. The summed E-state index contributed by atoms with van der Waals surface area (Å²) in [6.45, 7) is 2.39. The van der Waals surface area contributed by atoms with Crippen molar-refractivity contribution in [1.29, 1.82) is 0 Å². The molecule has 0 spiro atoms. The minimum Gasteiger partial charge on any atom is -0.311 e. The van der Waals surface area contributed by atoms with E-state index in [0.29, 0.717) is 16.8 Å². The largest absolute Gasteiger partial charge is 0.311 e. The molecule has 26 heavy (non-hydrogen) atoms. The SMILES string of the molecule is CCN(C(=O)Cn1cnc2c(sc3ncccc32)c1=O)c1ccccc1. The first-order valence-electron chi connectivity index (χ1n) is 8.27. The molecule has 0 radical (unpaired) electrons. The number of pyridine rings is 1. The minimum absolute atomic E-state index is 0.0494. The Morgan fingerprint density at radius 1 is 1.15 bits per heavy atom. The van der Waals surface area contributed by atoms with Crippen molar-refractivity contribution >= 4 is 43.4 Å². The van der Waals surface area contributed by atoms with Gasteiger partial charge in [0.1, 0.15) is 16.1 Å². The zero-order valence-electron chi connectivity index (χ0n) is 14.1. The van der Waals surface area contributed by atoms with Crippen LogP contribution in [-0.2, 0) is 11.3 Å². The van der Waals surface area contributed by atoms with Crippen LogP contribution in [-0.4, -0.2) is 27.0 Å². The van der Waals surface area contributed by atoms with Crippen LogP contribution in [0.3, 0.4) is 0 Å². The first-order chi connectivity index (χ1) is 12.7. The number of benzene rings is 1. The summed E-state index contributed by atoms with van der Waals surface area (Å²) in [6, 6.07) is 13.2. The van der Waals surface area contributed by atoms with Crippen LogP contribution >= 0.6 is 11.3 Å². The van der Waals surface area contributed by atoms with Crippen molar-refractivity contribution in [3.63, 3.8) is 0 Å². The van der Waals surface area contributed by atoms with E-state index in [-0.39, 0.29) is 18.0 Å². The van der Waals surface area contributed by atoms with Gasteiger partial charge < -0.3 is 4.90 Å². The second kappa shape index (κ2) is 6.68. The first kappa shape index (κ1) is 16.4. The molecule has 0 fully saturated rings. The van der Waals surface area contributed by atoms with E-state index in [1.165, 1.54) is 22.2 Å². The molecule has 4 aromatic rings. The highest BCUT2D eigenvalue weighted by Gasteiger charge is 2.17. The van der Waals surface area contributed by atoms with Crippen molar-refractivity contribution in [1.82, 2.24) is 14.5 Å². The maximum atomic E-state index is 12.8. The number of hydrogen-bond donors (Lipinski definition) is 0. The standard InChI is InChI=1S/C19H16N4O2S/c1-2-23(13-7-4-3-5-8-13)15(24)11-22-12-21-16-14-9-6-10-20-18(14)26-17(16)19(22)25/h3-10,12H,2,11H2,1H3. The zero-order chi connectivity index (χ0) is 18.1. The van der Waals surface area contributed by atoms with Gasteiger partial charge in [-0.15, -0.1) is 11.3 Å². The molecule has 6 nitrogen and oxygen atoms in total. The number of rotatable bonds is 4. The van der Waals surface area contributed by atoms with E-state index < -0.39 is 0 Å². The molecule has 0 aliphatic rings. The summed E-state index contributed by atoms with van der Waals surface area (Å²) in [7, 11) is 0. The van der Waals surface area contributed by atoms with Crippen molar-refractivity contribution in [3.05, 3.63) is 65.3 Å². The lowest BCUT2D eigenvalue weighted by atomic mass is 10.3. The maximum Gasteiger partial charge on any atom is 0.271 e. The van der Waals surface area contributed by atoms with Crippen molar-refractivity contribution < 1.29 is 4.79 Å². The van der Waals surface area contributed by atoms with E-state index in [9.17, 15) is 9.59 Å². The highest BCUT2D eigenvalue weighted by molar-refractivity contribution is 7.25. The molecule has 0 aliphatic heterocycles. The van der Waals surface area contributed by atoms with Crippen LogP contribution in [0.5, 0.6) is 0 Å². The summed E-state index contributed by atoms with van der Waals surface area (Å²) in [5.41, 5.74) is 1.24. The summed E-state index contributed by atoms with van der Waals surface area (Å²) in [5, 5.41) is 0.863. The normalized spacial score (nSPS) is 11.1. The maximum absolute atomic E-state index is 12.8. The molecule has 7 heteroatoms. The number of hydrogen-bond acceptors (Lipinski definition) is 5. The van der Waals surface area contributed by atoms with Gasteiger partial charge in [-0.2, -0.15) is 0 Å². The van der Waals surface area contributed by atoms with Gasteiger partial charge in [0, 0.05) is 23.8 Å². The molecule has 4 rings (SSSR count). The molecule has 1 aromatic carbocycles. The van der Waals surface area contributed by atoms with E-state index in [4.69, 9.17) is 0 Å². The molecule has 0 aliphatic carbocycles. The summed E-state index contributed by atoms with van der Waals surface area (Å²) < 4.78 is 1.89. The number of thiophene rings is 1. The third-order valence-electron chi connectivity index (χ3n) is 4.21. The molecule has 3 heterocycles. The first-order valence-corrected chi connectivity index (χ1v) is 9.08. The van der Waals surface area contributed by atoms with Crippen LogP contribution in [0.15, 0.2) is 59.8 Å². The van der Waals surface area contributed by atoms with E-state index in [2.05, 4.69) is 9.97 Å². The van der Waals surface area contributed by atoms with E-state index in [1.807, 2.05) is 49.4 Å². The molecular weight excluding hydrogens is 348 g/mol. The number of nitrogens with zero attached hydrogens (tertiary/aromatic N) is 4. The van der Waals surface area contributed by atoms with Crippen LogP contribution < -0.4 is 10.5 Å². The third kappa shape index (κ3) is 2.76. The third-order valence-corrected chi connectivity index (χ3v) is 5.30. The van der Waals surface area contributed by atoms with E-state index in [1.54, 1.807) is 11.1 Å². The number of anilines is 1. The Labute approximate surface area is 153 Å². The van der Waals surface area contributed by atoms with Gasteiger partial charge in [0.25, 0.3) is 5.56 Å². The van der Waals surface area contributed by atoms with Crippen LogP contribution in [0.1, 0.15) is 6.92 Å². The Balaban J connectivity index is 1.71. The Kier molecular flexibility index (Phi) is 4.22. The summed E-state index contributed by atoms with van der Waals surface area (Å²) in [4.78, 5) is 36.7. The van der Waals surface area contributed by atoms with Crippen molar-refractivity contribution in [2.24, 2.45) is 0 Å². The fourth-order valence-corrected chi connectivity index (χ4v) is 4.00. The molecule has 0 saturated heterocycles. The van der Waals surface area contributed by atoms with Crippen molar-refractivity contribution in [3.8, 4) is 0 Å². The highest BCUT2D eigenvalue weighted by atomic mass is 32.1. The predicted octanol–water partition coefficient (Wildman–Crippen LogP) is 3.06. The number of aromatic nitrogens is 3. The summed E-state index contributed by atoms with van der Waals surface area (Å²) in [5.74, 6) is -0.152. The van der Waals surface area contributed by atoms with Gasteiger partial charge in [0.2, 0.25) is 5.91 Å². The number of para-hydroxylation sites is 1. The minimum atomic E-state index is -0.213. The Hall–Kier alpha value is -3.06. The fraction of sp³-hybridized carbons (Fsp3) is 0.158. The number of carbonyl (C=O) groups is 1. The topological polar surface area (TPSA) is 68.1 Å². The van der Waals surface area contributed by atoms with E-state index in [0.717, 1.165) is 15.9 Å². The van der Waals surface area contributed by atoms with Gasteiger partial charge in [0.05, 0.1) is 11.8 Å². The molecule has 0 bridgehead atoms. The lowest BCUT2D eigenvalue weighted by molar-refractivity contribution is -0.119. The fourth-order valence-electron chi connectivity index (χ4n) is 2.96. The van der Waals surface area contributed by atoms with Gasteiger partial charge in [-0.05, 0) is 31.2 Å². The molecule has 0 unspecified atom stereocenters. The highest BCUT2D eigenvalue weighted by Crippen LogP contribution is 2.28. The number of fused-ring (bicyclic) bond motifs is 3. The average molecular weight is 364 g/mol. The second-order valence-corrected chi connectivity index (χ2v) is 6.79. The van der Waals surface area contributed by atoms with Crippen molar-refractivity contribution in [2.75, 3.05) is 11.4 Å². The Morgan fingerprint density at radius 3 is 2.73 bits per heavy atom. The lowest BCUT2D eigenvalue weighted by Gasteiger charge is -2.21. The van der Waals surface area contributed by atoms with Crippen LogP contribution in [0.4, 0.5) is 5.69 Å². The molecule has 0 atom stereocenters. The van der Waals surface area contributed by atoms with Crippen LogP contribution in [0, 0.1) is 0 Å². The van der Waals surface area contributed by atoms with Gasteiger partial charge in [-0.3, -0.25) is 14.2 Å². The number of amides is 1. The molecule has 130 valence electrons.